The fourth-order valence-electron chi connectivity index (χ4n) is 4.65. The second kappa shape index (κ2) is 9.25. The van der Waals surface area contributed by atoms with Crippen molar-refractivity contribution >= 4 is 24.5 Å². The van der Waals surface area contributed by atoms with Gasteiger partial charge in [0.2, 0.25) is 0 Å². The number of carbonyl (C=O) groups excluding carboxylic acids is 1. The summed E-state index contributed by atoms with van der Waals surface area (Å²) in [5.74, 6) is -0.491. The third-order valence-corrected chi connectivity index (χ3v) is 12.1. The Bertz CT molecular complexity index is 576. The van der Waals surface area contributed by atoms with Crippen molar-refractivity contribution in [2.45, 2.75) is 81.2 Å². The number of rotatable bonds is 11. The molecule has 0 aromatic carbocycles. The molecule has 1 aliphatic rings. The number of unbranched alkanes of at least 4 members (excludes halogenated alkanes) is 2. The second-order valence-corrected chi connectivity index (χ2v) is 12.3. The van der Waals surface area contributed by atoms with Gasteiger partial charge in [-0.3, -0.25) is 9.35 Å². The van der Waals surface area contributed by atoms with E-state index in [0.29, 0.717) is 25.3 Å². The Balaban J connectivity index is 3.69. The molecule has 2 atom stereocenters. The van der Waals surface area contributed by atoms with E-state index in [2.05, 4.69) is 0 Å². The fraction of sp³-hybridized carbons (Fsp3) is 0.941. The molecule has 1 heterocycles. The van der Waals surface area contributed by atoms with Gasteiger partial charge in [0.15, 0.2) is 10.5 Å². The maximum Gasteiger partial charge on any atom is 0.373 e. The third-order valence-electron chi connectivity index (χ3n) is 5.81. The maximum absolute atomic E-state index is 13.3. The second-order valence-electron chi connectivity index (χ2n) is 6.98. The maximum atomic E-state index is 13.3. The highest BCUT2D eigenvalue weighted by Gasteiger charge is 2.76. The molecule has 0 radical (unpaired) electrons. The number of methoxy groups -OCH3 is 1. The highest BCUT2D eigenvalue weighted by atomic mass is 32.2. The van der Waals surface area contributed by atoms with Gasteiger partial charge >= 0.3 is 8.56 Å². The van der Waals surface area contributed by atoms with E-state index >= 15 is 0 Å². The molecule has 0 aliphatic carbocycles. The van der Waals surface area contributed by atoms with Crippen molar-refractivity contribution in [2.24, 2.45) is 0 Å². The van der Waals surface area contributed by atoms with Crippen molar-refractivity contribution in [3.05, 3.63) is 0 Å². The summed E-state index contributed by atoms with van der Waals surface area (Å²) in [4.78, 5) is 13.3. The first-order chi connectivity index (χ1) is 12.2. The Kier molecular flexibility index (Phi) is 8.44. The summed E-state index contributed by atoms with van der Waals surface area (Å²) in [6, 6.07) is 0.507. The van der Waals surface area contributed by atoms with Crippen molar-refractivity contribution in [1.82, 2.24) is 0 Å². The number of Topliss-reactive ketones (excluding diaryl/α,β-unsaturated/α-hetero) is 1. The molecule has 1 N–H and O–H groups in total. The van der Waals surface area contributed by atoms with Gasteiger partial charge in [-0.05, 0) is 31.7 Å². The summed E-state index contributed by atoms with van der Waals surface area (Å²) in [7, 11) is -3.69. The van der Waals surface area contributed by atoms with Crippen molar-refractivity contribution in [3.63, 3.8) is 0 Å². The number of carbonyl (C=O) groups is 1. The van der Waals surface area contributed by atoms with E-state index in [-0.39, 0.29) is 19.3 Å². The summed E-state index contributed by atoms with van der Waals surface area (Å²) in [6.07, 6.45) is 3.65. The van der Waals surface area contributed by atoms with Gasteiger partial charge in [-0.25, -0.2) is 0 Å². The van der Waals surface area contributed by atoms with Crippen molar-refractivity contribution in [2.75, 3.05) is 21.3 Å². The predicted molar refractivity (Wildman–Crippen MR) is 102 cm³/mol. The van der Waals surface area contributed by atoms with Crippen molar-refractivity contribution in [3.8, 4) is 0 Å². The normalized spacial score (nSPS) is 28.8. The zero-order chi connectivity index (χ0) is 20.1. The number of ether oxygens (including phenoxy) is 1. The van der Waals surface area contributed by atoms with Gasteiger partial charge in [-0.2, -0.15) is 8.42 Å². The van der Waals surface area contributed by atoms with Gasteiger partial charge in [0.25, 0.3) is 10.1 Å². The molecule has 1 rings (SSSR count). The molecule has 0 saturated carbocycles. The first-order valence-corrected chi connectivity index (χ1v) is 12.8. The number of hydrogen-bond acceptors (Lipinski definition) is 6. The number of ketones is 1. The molecule has 0 aromatic rings. The van der Waals surface area contributed by atoms with E-state index in [4.69, 9.17) is 13.6 Å². The van der Waals surface area contributed by atoms with Crippen LogP contribution in [0.5, 0.6) is 0 Å². The zero-order valence-corrected chi connectivity index (χ0v) is 18.5. The lowest BCUT2D eigenvalue weighted by Gasteiger charge is -2.56. The summed E-state index contributed by atoms with van der Waals surface area (Å²) >= 11 is 0. The summed E-state index contributed by atoms with van der Waals surface area (Å²) in [5.41, 5.74) is 0. The molecule has 2 unspecified atom stereocenters. The minimum Gasteiger partial charge on any atom is -0.396 e. The topological polar surface area (TPSA) is 99.1 Å². The van der Waals surface area contributed by atoms with Crippen LogP contribution < -0.4 is 0 Å². The lowest BCUT2D eigenvalue weighted by atomic mass is 9.85. The lowest BCUT2D eigenvalue weighted by Crippen LogP contribution is -2.79. The van der Waals surface area contributed by atoms with Gasteiger partial charge in [-0.15, -0.1) is 0 Å². The van der Waals surface area contributed by atoms with Gasteiger partial charge in [-0.1, -0.05) is 33.1 Å². The molecule has 26 heavy (non-hydrogen) atoms. The molecule has 7 nitrogen and oxygen atoms in total. The summed E-state index contributed by atoms with van der Waals surface area (Å²) in [5, 5.41) is -1.49. The van der Waals surface area contributed by atoms with Crippen LogP contribution in [0.1, 0.15) is 65.2 Å². The van der Waals surface area contributed by atoms with Gasteiger partial charge < -0.3 is 13.6 Å². The van der Waals surface area contributed by atoms with Crippen molar-refractivity contribution in [1.29, 1.82) is 0 Å². The van der Waals surface area contributed by atoms with Gasteiger partial charge in [0.05, 0.1) is 0 Å². The van der Waals surface area contributed by atoms with Crippen LogP contribution in [0, 0.1) is 0 Å². The highest BCUT2D eigenvalue weighted by molar-refractivity contribution is 7.88. The Morgan fingerprint density at radius 3 is 2.15 bits per heavy atom. The van der Waals surface area contributed by atoms with Crippen LogP contribution in [0.25, 0.3) is 0 Å². The fourth-order valence-corrected chi connectivity index (χ4v) is 11.0. The zero-order valence-electron chi connectivity index (χ0n) is 16.7. The predicted octanol–water partition coefficient (Wildman–Crippen LogP) is 3.02. The molecule has 154 valence electrons. The van der Waals surface area contributed by atoms with Crippen LogP contribution in [0.3, 0.4) is 0 Å². The monoisotopic (exact) mass is 410 g/mol. The highest BCUT2D eigenvalue weighted by Crippen LogP contribution is 2.53. The van der Waals surface area contributed by atoms with Crippen LogP contribution in [0.15, 0.2) is 0 Å². The Hall–Kier alpha value is -0.323. The Labute approximate surface area is 158 Å². The van der Waals surface area contributed by atoms with Crippen molar-refractivity contribution < 1.29 is 31.4 Å². The first kappa shape index (κ1) is 23.7. The molecular weight excluding hydrogens is 376 g/mol. The van der Waals surface area contributed by atoms with E-state index in [1.807, 2.05) is 13.8 Å². The average Bonchev–Trinajstić information content (AvgIpc) is 2.60. The third kappa shape index (κ3) is 3.54. The Morgan fingerprint density at radius 1 is 1.12 bits per heavy atom. The van der Waals surface area contributed by atoms with Gasteiger partial charge in [0, 0.05) is 27.8 Å². The molecule has 0 spiro atoms. The molecule has 9 heteroatoms. The van der Waals surface area contributed by atoms with E-state index < -0.39 is 34.4 Å². The summed E-state index contributed by atoms with van der Waals surface area (Å²) in [6.45, 7) is 3.89. The van der Waals surface area contributed by atoms with E-state index in [1.54, 1.807) is 0 Å². The van der Waals surface area contributed by atoms with E-state index in [9.17, 15) is 17.8 Å². The van der Waals surface area contributed by atoms with Gasteiger partial charge in [0.1, 0.15) is 5.22 Å². The minimum atomic E-state index is -4.76. The van der Waals surface area contributed by atoms with Crippen LogP contribution >= 0.6 is 0 Å². The Morgan fingerprint density at radius 2 is 1.73 bits per heavy atom. The van der Waals surface area contributed by atoms with E-state index in [1.165, 1.54) is 21.3 Å². The first-order valence-electron chi connectivity index (χ1n) is 9.34. The molecular formula is C17H34O7SSi. The lowest BCUT2D eigenvalue weighted by molar-refractivity contribution is -0.132. The molecule has 1 aliphatic heterocycles. The van der Waals surface area contributed by atoms with E-state index in [0.717, 1.165) is 12.8 Å². The molecule has 1 fully saturated rings. The van der Waals surface area contributed by atoms with Crippen LogP contribution in [0.4, 0.5) is 0 Å². The van der Waals surface area contributed by atoms with Crippen LogP contribution in [-0.4, -0.2) is 58.6 Å². The largest absolute Gasteiger partial charge is 0.396 e. The van der Waals surface area contributed by atoms with Crippen LogP contribution in [-0.2, 0) is 28.5 Å². The quantitative estimate of drug-likeness (QED) is 0.317. The standard InChI is InChI=1S/C17H34O7SSi/c1-6-8-9-11-15(18)16(25(19,20)21)13-10-14-26(23-4,24-5)17(16,22-3)12-7-2/h6-14H2,1-5H3,(H,19,20,21). The SMILES string of the molecule is CCCCCC(=O)C1(S(=O)(=O)O)CCC[Si](OC)(OC)C1(CCC)OC. The average molecular weight is 411 g/mol. The summed E-state index contributed by atoms with van der Waals surface area (Å²) < 4.78 is 51.1. The molecule has 1 saturated heterocycles. The molecule has 0 aromatic heterocycles. The number of hydrogen-bond donors (Lipinski definition) is 1. The molecule has 0 amide bonds. The minimum absolute atomic E-state index is 0.0199. The van der Waals surface area contributed by atoms with Crippen LogP contribution in [0.2, 0.25) is 6.04 Å². The smallest absolute Gasteiger partial charge is 0.373 e. The molecule has 0 bridgehead atoms.